The smallest absolute Gasteiger partial charge is 0.298 e. The lowest BCUT2D eigenvalue weighted by Gasteiger charge is -2.13. The van der Waals surface area contributed by atoms with Gasteiger partial charge in [-0.05, 0) is 29.3 Å². The Bertz CT molecular complexity index is 711. The van der Waals surface area contributed by atoms with Crippen molar-refractivity contribution in [1.29, 1.82) is 0 Å². The molecule has 0 N–H and O–H groups in total. The minimum atomic E-state index is -4.56. The number of carbonyl (C=O) groups excluding carboxylic acids is 1. The second-order valence-corrected chi connectivity index (χ2v) is 4.19. The van der Waals surface area contributed by atoms with Crippen LogP contribution in [-0.2, 0) is 6.18 Å². The van der Waals surface area contributed by atoms with Gasteiger partial charge in [0.25, 0.3) is 5.69 Å². The van der Waals surface area contributed by atoms with Crippen molar-refractivity contribution in [3.63, 3.8) is 0 Å². The molecule has 2 rings (SSSR count). The lowest BCUT2D eigenvalue weighted by molar-refractivity contribution is -0.385. The van der Waals surface area contributed by atoms with Crippen molar-refractivity contribution in [2.75, 3.05) is 0 Å². The van der Waals surface area contributed by atoms with E-state index in [0.717, 1.165) is 18.2 Å². The molecule has 0 unspecified atom stereocenters. The zero-order valence-corrected chi connectivity index (χ0v) is 10.4. The van der Waals surface area contributed by atoms with Crippen LogP contribution in [0.15, 0.2) is 42.5 Å². The first kappa shape index (κ1) is 14.7. The van der Waals surface area contributed by atoms with Crippen LogP contribution >= 0.6 is 0 Å². The Hall–Kier alpha value is -2.70. The number of halogens is 3. The second-order valence-electron chi connectivity index (χ2n) is 4.19. The number of hydrogen-bond acceptors (Lipinski definition) is 3. The summed E-state index contributed by atoms with van der Waals surface area (Å²) >= 11 is 0. The molecule has 0 aliphatic rings. The maximum atomic E-state index is 12.9. The van der Waals surface area contributed by atoms with Crippen molar-refractivity contribution in [2.24, 2.45) is 0 Å². The number of nitro benzene ring substituents is 1. The molecule has 0 spiro atoms. The maximum Gasteiger partial charge on any atom is 0.417 e. The number of rotatable bonds is 3. The Labute approximate surface area is 117 Å². The van der Waals surface area contributed by atoms with Crippen molar-refractivity contribution in [2.45, 2.75) is 6.18 Å². The Morgan fingerprint density at radius 3 is 2.33 bits per heavy atom. The van der Waals surface area contributed by atoms with Gasteiger partial charge in [-0.1, -0.05) is 18.2 Å². The Balaban J connectivity index is 2.64. The summed E-state index contributed by atoms with van der Waals surface area (Å²) in [4.78, 5) is 20.8. The van der Waals surface area contributed by atoms with E-state index in [1.807, 2.05) is 0 Å². The number of nitro groups is 1. The number of carbonyl (C=O) groups is 1. The number of benzene rings is 2. The molecule has 0 aromatic heterocycles. The Morgan fingerprint density at radius 1 is 1.10 bits per heavy atom. The van der Waals surface area contributed by atoms with Gasteiger partial charge in [0.1, 0.15) is 0 Å². The fourth-order valence-electron chi connectivity index (χ4n) is 1.96. The molecule has 0 bridgehead atoms. The number of hydrogen-bond donors (Lipinski definition) is 0. The topological polar surface area (TPSA) is 60.2 Å². The van der Waals surface area contributed by atoms with E-state index >= 15 is 0 Å². The van der Waals surface area contributed by atoms with Crippen LogP contribution < -0.4 is 0 Å². The van der Waals surface area contributed by atoms with Gasteiger partial charge in [0.2, 0.25) is 0 Å². The minimum absolute atomic E-state index is 0.0932. The summed E-state index contributed by atoms with van der Waals surface area (Å²) in [6, 6.07) is 8.12. The van der Waals surface area contributed by atoms with Crippen molar-refractivity contribution >= 4 is 12.0 Å². The van der Waals surface area contributed by atoms with E-state index in [2.05, 4.69) is 0 Å². The molecule has 108 valence electrons. The molecular formula is C14H8F3NO3. The van der Waals surface area contributed by atoms with E-state index in [1.54, 1.807) is 0 Å². The third-order valence-electron chi connectivity index (χ3n) is 2.89. The van der Waals surface area contributed by atoms with Crippen molar-refractivity contribution < 1.29 is 22.9 Å². The van der Waals surface area contributed by atoms with Crippen LogP contribution in [0.2, 0.25) is 0 Å². The third-order valence-corrected chi connectivity index (χ3v) is 2.89. The van der Waals surface area contributed by atoms with Crippen LogP contribution in [0.25, 0.3) is 11.1 Å². The summed E-state index contributed by atoms with van der Waals surface area (Å²) in [7, 11) is 0. The van der Waals surface area contributed by atoms with E-state index in [1.165, 1.54) is 24.3 Å². The average molecular weight is 295 g/mol. The normalized spacial score (nSPS) is 11.2. The molecule has 21 heavy (non-hydrogen) atoms. The zero-order chi connectivity index (χ0) is 15.6. The first-order chi connectivity index (χ1) is 9.84. The van der Waals surface area contributed by atoms with Crippen LogP contribution in [0, 0.1) is 10.1 Å². The molecule has 0 saturated carbocycles. The average Bonchev–Trinajstić information content (AvgIpc) is 2.45. The van der Waals surface area contributed by atoms with Crippen molar-refractivity contribution in [1.82, 2.24) is 0 Å². The molecule has 2 aromatic rings. The molecule has 0 saturated heterocycles. The lowest BCUT2D eigenvalue weighted by atomic mass is 9.97. The predicted octanol–water partition coefficient (Wildman–Crippen LogP) is 4.09. The van der Waals surface area contributed by atoms with Gasteiger partial charge >= 0.3 is 6.18 Å². The van der Waals surface area contributed by atoms with Crippen LogP contribution in [0.3, 0.4) is 0 Å². The predicted molar refractivity (Wildman–Crippen MR) is 68.9 cm³/mol. The molecule has 2 aromatic carbocycles. The van der Waals surface area contributed by atoms with Gasteiger partial charge in [0, 0.05) is 6.07 Å². The Kier molecular flexibility index (Phi) is 3.75. The zero-order valence-electron chi connectivity index (χ0n) is 10.4. The van der Waals surface area contributed by atoms with Crippen LogP contribution in [-0.4, -0.2) is 11.2 Å². The standard InChI is InChI=1S/C14H8F3NO3/c15-14(16,17)12-4-2-1-3-11(12)9-5-6-13(18(20)21)10(7-9)8-19/h1-8H. The summed E-state index contributed by atoms with van der Waals surface area (Å²) in [6.07, 6.45) is -4.31. The summed E-state index contributed by atoms with van der Waals surface area (Å²) in [5.74, 6) is 0. The van der Waals surface area contributed by atoms with E-state index in [4.69, 9.17) is 0 Å². The van der Waals surface area contributed by atoms with Gasteiger partial charge in [0.15, 0.2) is 6.29 Å². The van der Waals surface area contributed by atoms with Gasteiger partial charge in [-0.3, -0.25) is 14.9 Å². The van der Waals surface area contributed by atoms with Gasteiger partial charge in [-0.15, -0.1) is 0 Å². The van der Waals surface area contributed by atoms with Crippen molar-refractivity contribution in [3.8, 4) is 11.1 Å². The molecule has 0 radical (unpaired) electrons. The largest absolute Gasteiger partial charge is 0.417 e. The SMILES string of the molecule is O=Cc1cc(-c2ccccc2C(F)(F)F)ccc1[N+](=O)[O-]. The quantitative estimate of drug-likeness (QED) is 0.486. The van der Waals surface area contributed by atoms with Gasteiger partial charge in [-0.25, -0.2) is 0 Å². The fourth-order valence-corrected chi connectivity index (χ4v) is 1.96. The van der Waals surface area contributed by atoms with Gasteiger partial charge < -0.3 is 0 Å². The summed E-state index contributed by atoms with van der Waals surface area (Å²) in [5.41, 5.74) is -1.62. The molecule has 0 aliphatic heterocycles. The van der Waals surface area contributed by atoms with E-state index in [-0.39, 0.29) is 23.0 Å². The highest BCUT2D eigenvalue weighted by Crippen LogP contribution is 2.37. The number of aldehydes is 1. The van der Waals surface area contributed by atoms with Crippen molar-refractivity contribution in [3.05, 3.63) is 63.7 Å². The second kappa shape index (κ2) is 5.35. The summed E-state index contributed by atoms with van der Waals surface area (Å²) < 4.78 is 38.8. The monoisotopic (exact) mass is 295 g/mol. The first-order valence-corrected chi connectivity index (χ1v) is 5.75. The van der Waals surface area contributed by atoms with Crippen LogP contribution in [0.5, 0.6) is 0 Å². The lowest BCUT2D eigenvalue weighted by Crippen LogP contribution is -2.07. The van der Waals surface area contributed by atoms with Crippen LogP contribution in [0.4, 0.5) is 18.9 Å². The molecule has 7 heteroatoms. The third kappa shape index (κ3) is 2.91. The molecule has 0 amide bonds. The molecule has 0 fully saturated rings. The summed E-state index contributed by atoms with van der Waals surface area (Å²) in [5, 5.41) is 10.7. The Morgan fingerprint density at radius 2 is 1.76 bits per heavy atom. The van der Waals surface area contributed by atoms with Gasteiger partial charge in [-0.2, -0.15) is 13.2 Å². The first-order valence-electron chi connectivity index (χ1n) is 5.75. The molecule has 0 aliphatic carbocycles. The summed E-state index contributed by atoms with van der Waals surface area (Å²) in [6.45, 7) is 0. The van der Waals surface area contributed by atoms with E-state index in [0.29, 0.717) is 0 Å². The van der Waals surface area contributed by atoms with Gasteiger partial charge in [0.05, 0.1) is 16.1 Å². The maximum absolute atomic E-state index is 12.9. The highest BCUT2D eigenvalue weighted by atomic mass is 19.4. The minimum Gasteiger partial charge on any atom is -0.298 e. The number of alkyl halides is 3. The highest BCUT2D eigenvalue weighted by Gasteiger charge is 2.33. The van der Waals surface area contributed by atoms with E-state index in [9.17, 15) is 28.1 Å². The molecule has 0 atom stereocenters. The molecule has 0 heterocycles. The highest BCUT2D eigenvalue weighted by molar-refractivity contribution is 5.85. The van der Waals surface area contributed by atoms with E-state index < -0.39 is 22.4 Å². The fraction of sp³-hybridized carbons (Fsp3) is 0.0714. The van der Waals surface area contributed by atoms with Crippen LogP contribution in [0.1, 0.15) is 15.9 Å². The molecule has 4 nitrogen and oxygen atoms in total. The molecular weight excluding hydrogens is 287 g/mol. The number of nitrogens with zero attached hydrogens (tertiary/aromatic N) is 1.